The molecule has 31 heavy (non-hydrogen) atoms. The van der Waals surface area contributed by atoms with E-state index in [0.29, 0.717) is 35.2 Å². The maximum Gasteiger partial charge on any atom is 0.270 e. The number of primary amides is 1. The van der Waals surface area contributed by atoms with E-state index in [9.17, 15) is 19.7 Å². The number of nitro benzene ring substituents is 1. The first-order valence-electron chi connectivity index (χ1n) is 10.1. The molecule has 0 radical (unpaired) electrons. The highest BCUT2D eigenvalue weighted by Gasteiger charge is 2.24. The van der Waals surface area contributed by atoms with Crippen molar-refractivity contribution in [2.45, 2.75) is 19.4 Å². The number of benzene rings is 2. The highest BCUT2D eigenvalue weighted by molar-refractivity contribution is 6.13. The molecule has 0 saturated carbocycles. The third-order valence-corrected chi connectivity index (χ3v) is 5.69. The van der Waals surface area contributed by atoms with Crippen LogP contribution in [0.5, 0.6) is 0 Å². The lowest BCUT2D eigenvalue weighted by molar-refractivity contribution is -0.384. The van der Waals surface area contributed by atoms with Crippen molar-refractivity contribution in [2.24, 2.45) is 11.7 Å². The normalized spacial score (nSPS) is 16.8. The molecule has 1 aromatic heterocycles. The van der Waals surface area contributed by atoms with Crippen LogP contribution in [0.2, 0.25) is 0 Å². The molecule has 2 amide bonds. The Labute approximate surface area is 178 Å². The Balaban J connectivity index is 1.54. The van der Waals surface area contributed by atoms with Gasteiger partial charge in [-0.05, 0) is 37.1 Å². The van der Waals surface area contributed by atoms with E-state index in [1.54, 1.807) is 12.3 Å². The van der Waals surface area contributed by atoms with Gasteiger partial charge in [-0.15, -0.1) is 0 Å². The summed E-state index contributed by atoms with van der Waals surface area (Å²) in [6.45, 7) is 2.04. The zero-order chi connectivity index (χ0) is 22.0. The number of rotatable bonds is 6. The molecule has 2 heterocycles. The van der Waals surface area contributed by atoms with Crippen molar-refractivity contribution in [2.75, 3.05) is 18.4 Å². The van der Waals surface area contributed by atoms with Crippen LogP contribution in [0, 0.1) is 16.0 Å². The van der Waals surface area contributed by atoms with Crippen molar-refractivity contribution in [3.8, 4) is 0 Å². The number of carbonyl (C=O) groups is 2. The van der Waals surface area contributed by atoms with Gasteiger partial charge in [-0.3, -0.25) is 24.6 Å². The minimum absolute atomic E-state index is 0.0735. The number of nitro groups is 1. The van der Waals surface area contributed by atoms with E-state index in [1.165, 1.54) is 12.1 Å². The lowest BCUT2D eigenvalue weighted by Crippen LogP contribution is -2.40. The van der Waals surface area contributed by atoms with Crippen molar-refractivity contribution in [3.63, 3.8) is 0 Å². The van der Waals surface area contributed by atoms with Gasteiger partial charge in [-0.2, -0.15) is 0 Å². The van der Waals surface area contributed by atoms with E-state index in [1.807, 2.05) is 24.3 Å². The van der Waals surface area contributed by atoms with Crippen molar-refractivity contribution in [1.82, 2.24) is 9.88 Å². The van der Waals surface area contributed by atoms with Gasteiger partial charge in [0.2, 0.25) is 5.91 Å². The number of non-ortho nitro benzene ring substituents is 1. The van der Waals surface area contributed by atoms with Crippen LogP contribution >= 0.6 is 0 Å². The Bertz CT molecular complexity index is 1160. The second-order valence-corrected chi connectivity index (χ2v) is 7.78. The summed E-state index contributed by atoms with van der Waals surface area (Å²) in [7, 11) is 0. The summed E-state index contributed by atoms with van der Waals surface area (Å²) in [5.74, 6) is -0.787. The second kappa shape index (κ2) is 8.57. The number of nitrogens with one attached hydrogen (secondary N) is 2. The number of anilines is 1. The van der Waals surface area contributed by atoms with Gasteiger partial charge in [0.1, 0.15) is 0 Å². The van der Waals surface area contributed by atoms with E-state index in [-0.39, 0.29) is 23.4 Å². The molecule has 1 unspecified atom stereocenters. The maximum absolute atomic E-state index is 13.0. The molecule has 0 bridgehead atoms. The molecule has 0 aliphatic carbocycles. The molecule has 2 aromatic carbocycles. The lowest BCUT2D eigenvalue weighted by atomic mass is 9.97. The predicted molar refractivity (Wildman–Crippen MR) is 117 cm³/mol. The summed E-state index contributed by atoms with van der Waals surface area (Å²) < 4.78 is 0. The number of aromatic nitrogens is 1. The summed E-state index contributed by atoms with van der Waals surface area (Å²) in [4.78, 5) is 40.3. The first-order chi connectivity index (χ1) is 14.9. The lowest BCUT2D eigenvalue weighted by Gasteiger charge is -2.31. The molecule has 4 rings (SSSR count). The van der Waals surface area contributed by atoms with E-state index in [2.05, 4.69) is 15.2 Å². The van der Waals surface area contributed by atoms with Crippen molar-refractivity contribution < 1.29 is 14.5 Å². The number of hydrogen-bond donors (Lipinski definition) is 3. The summed E-state index contributed by atoms with van der Waals surface area (Å²) in [6, 6.07) is 11.9. The molecule has 0 spiro atoms. The number of hydrogen-bond acceptors (Lipinski definition) is 5. The summed E-state index contributed by atoms with van der Waals surface area (Å²) >= 11 is 0. The zero-order valence-corrected chi connectivity index (χ0v) is 16.8. The zero-order valence-electron chi connectivity index (χ0n) is 16.8. The fourth-order valence-corrected chi connectivity index (χ4v) is 4.05. The minimum Gasteiger partial charge on any atom is -0.369 e. The van der Waals surface area contributed by atoms with Gasteiger partial charge in [-0.1, -0.05) is 18.2 Å². The summed E-state index contributed by atoms with van der Waals surface area (Å²) in [5, 5.41) is 14.5. The van der Waals surface area contributed by atoms with Crippen molar-refractivity contribution >= 4 is 34.1 Å². The fraction of sp³-hybridized carbons (Fsp3) is 0.273. The van der Waals surface area contributed by atoms with Gasteiger partial charge in [0.15, 0.2) is 0 Å². The predicted octanol–water partition coefficient (Wildman–Crippen LogP) is 3.03. The van der Waals surface area contributed by atoms with E-state index in [0.717, 1.165) is 24.9 Å². The summed E-state index contributed by atoms with van der Waals surface area (Å²) in [6.07, 6.45) is 3.25. The third kappa shape index (κ3) is 4.41. The van der Waals surface area contributed by atoms with Crippen LogP contribution < -0.4 is 11.1 Å². The largest absolute Gasteiger partial charge is 0.369 e. The monoisotopic (exact) mass is 421 g/mol. The molecular weight excluding hydrogens is 398 g/mol. The highest BCUT2D eigenvalue weighted by Crippen LogP contribution is 2.26. The molecule has 1 saturated heterocycles. The number of H-pyrrole nitrogens is 1. The number of nitrogens with two attached hydrogens (primary N) is 1. The molecule has 1 aliphatic rings. The van der Waals surface area contributed by atoms with Gasteiger partial charge in [0.25, 0.3) is 11.6 Å². The van der Waals surface area contributed by atoms with Crippen LogP contribution in [-0.4, -0.2) is 39.7 Å². The van der Waals surface area contributed by atoms with Gasteiger partial charge in [-0.25, -0.2) is 0 Å². The topological polar surface area (TPSA) is 134 Å². The smallest absolute Gasteiger partial charge is 0.270 e. The molecule has 1 fully saturated rings. The number of nitrogens with zero attached hydrogens (tertiary/aromatic N) is 2. The van der Waals surface area contributed by atoms with Crippen LogP contribution in [0.1, 0.15) is 28.8 Å². The Morgan fingerprint density at radius 1 is 1.26 bits per heavy atom. The SMILES string of the molecule is NC(=O)C1CCCN(Cc2ccccc2NC(=O)c2c[nH]c3ccc([N+](=O)[O-])cc23)C1. The first kappa shape index (κ1) is 20.5. The van der Waals surface area contributed by atoms with E-state index < -0.39 is 4.92 Å². The first-order valence-corrected chi connectivity index (χ1v) is 10.1. The van der Waals surface area contributed by atoms with Crippen molar-refractivity contribution in [1.29, 1.82) is 0 Å². The Kier molecular flexibility index (Phi) is 5.68. The quantitative estimate of drug-likeness (QED) is 0.415. The van der Waals surface area contributed by atoms with E-state index in [4.69, 9.17) is 5.73 Å². The van der Waals surface area contributed by atoms with Crippen LogP contribution in [-0.2, 0) is 11.3 Å². The van der Waals surface area contributed by atoms with Crippen LogP contribution in [0.25, 0.3) is 10.9 Å². The number of piperidine rings is 1. The minimum atomic E-state index is -0.485. The molecule has 160 valence electrons. The standard InChI is InChI=1S/C22H23N5O4/c23-21(28)15-5-3-9-26(13-15)12-14-4-1-2-6-19(14)25-22(29)18-11-24-20-8-7-16(27(30)31)10-17(18)20/h1-2,4,6-8,10-11,15,24H,3,5,9,12-13H2,(H2,23,28)(H,25,29). The highest BCUT2D eigenvalue weighted by atomic mass is 16.6. The fourth-order valence-electron chi connectivity index (χ4n) is 4.05. The van der Waals surface area contributed by atoms with Crippen molar-refractivity contribution in [3.05, 3.63) is 69.9 Å². The van der Waals surface area contributed by atoms with Gasteiger partial charge < -0.3 is 16.0 Å². The molecule has 9 heteroatoms. The number of aromatic amines is 1. The molecule has 4 N–H and O–H groups in total. The van der Waals surface area contributed by atoms with Crippen LogP contribution in [0.4, 0.5) is 11.4 Å². The van der Waals surface area contributed by atoms with E-state index >= 15 is 0 Å². The van der Waals surface area contributed by atoms with Gasteiger partial charge in [0.05, 0.1) is 16.4 Å². The summed E-state index contributed by atoms with van der Waals surface area (Å²) in [5.41, 5.74) is 7.97. The third-order valence-electron chi connectivity index (χ3n) is 5.69. The van der Waals surface area contributed by atoms with Gasteiger partial charge in [0, 0.05) is 48.0 Å². The number of para-hydroxylation sites is 1. The number of carbonyl (C=O) groups excluding carboxylic acids is 2. The Hall–Kier alpha value is -3.72. The molecule has 3 aromatic rings. The molecule has 1 atom stereocenters. The number of likely N-dealkylation sites (tertiary alicyclic amines) is 1. The van der Waals surface area contributed by atoms with Crippen LogP contribution in [0.3, 0.4) is 0 Å². The van der Waals surface area contributed by atoms with Crippen LogP contribution in [0.15, 0.2) is 48.7 Å². The Morgan fingerprint density at radius 2 is 2.06 bits per heavy atom. The molecular formula is C22H23N5O4. The maximum atomic E-state index is 13.0. The molecule has 1 aliphatic heterocycles. The molecule has 9 nitrogen and oxygen atoms in total. The average Bonchev–Trinajstić information content (AvgIpc) is 3.18. The van der Waals surface area contributed by atoms with Gasteiger partial charge >= 0.3 is 0 Å². The average molecular weight is 421 g/mol. The second-order valence-electron chi connectivity index (χ2n) is 7.78. The number of amides is 2. The number of fused-ring (bicyclic) bond motifs is 1. The Morgan fingerprint density at radius 3 is 2.84 bits per heavy atom.